The first-order valence-electron chi connectivity index (χ1n) is 5.73. The van der Waals surface area contributed by atoms with Crippen molar-refractivity contribution < 1.29 is 14.3 Å². The van der Waals surface area contributed by atoms with E-state index in [4.69, 9.17) is 4.74 Å². The van der Waals surface area contributed by atoms with Crippen molar-refractivity contribution in [1.82, 2.24) is 0 Å². The zero-order chi connectivity index (χ0) is 12.3. The molecule has 90 valence electrons. The van der Waals surface area contributed by atoms with E-state index in [1.807, 2.05) is 19.1 Å². The van der Waals surface area contributed by atoms with Crippen molar-refractivity contribution in [3.8, 4) is 5.75 Å². The number of esters is 1. The van der Waals surface area contributed by atoms with Crippen LogP contribution < -0.4 is 4.74 Å². The minimum absolute atomic E-state index is 0.323. The summed E-state index contributed by atoms with van der Waals surface area (Å²) in [6.07, 6.45) is 3.59. The fourth-order valence-electron chi connectivity index (χ4n) is 1.92. The van der Waals surface area contributed by atoms with Gasteiger partial charge in [0, 0.05) is 6.08 Å². The minimum atomic E-state index is -0.323. The van der Waals surface area contributed by atoms with E-state index in [9.17, 15) is 4.79 Å². The molecule has 0 N–H and O–H groups in total. The van der Waals surface area contributed by atoms with Gasteiger partial charge in [-0.3, -0.25) is 0 Å². The van der Waals surface area contributed by atoms with Gasteiger partial charge >= 0.3 is 5.97 Å². The smallest absolute Gasteiger partial charge is 0.330 e. The summed E-state index contributed by atoms with van der Waals surface area (Å²) in [4.78, 5) is 11.2. The molecule has 0 bridgehead atoms. The predicted octanol–water partition coefficient (Wildman–Crippen LogP) is 2.59. The number of aryl methyl sites for hydroxylation is 1. The van der Waals surface area contributed by atoms with E-state index < -0.39 is 0 Å². The molecule has 1 aliphatic rings. The number of benzene rings is 1. The van der Waals surface area contributed by atoms with E-state index in [1.165, 1.54) is 18.7 Å². The number of hydrogen-bond acceptors (Lipinski definition) is 3. The summed E-state index contributed by atoms with van der Waals surface area (Å²) in [6.45, 7) is 2.70. The van der Waals surface area contributed by atoms with Crippen molar-refractivity contribution in [2.24, 2.45) is 0 Å². The first-order chi connectivity index (χ1) is 8.20. The summed E-state index contributed by atoms with van der Waals surface area (Å²) < 4.78 is 10.2. The highest BCUT2D eigenvalue weighted by molar-refractivity contribution is 5.90. The largest absolute Gasteiger partial charge is 0.493 e. The van der Waals surface area contributed by atoms with Crippen molar-refractivity contribution in [2.45, 2.75) is 19.8 Å². The van der Waals surface area contributed by atoms with Crippen LogP contribution in [0.25, 0.3) is 5.57 Å². The Hall–Kier alpha value is -1.77. The first kappa shape index (κ1) is 11.7. The van der Waals surface area contributed by atoms with E-state index >= 15 is 0 Å². The Bertz CT molecular complexity index is 461. The van der Waals surface area contributed by atoms with Crippen molar-refractivity contribution in [3.05, 3.63) is 35.4 Å². The number of methoxy groups -OCH3 is 1. The fourth-order valence-corrected chi connectivity index (χ4v) is 1.92. The van der Waals surface area contributed by atoms with Crippen LogP contribution in [-0.4, -0.2) is 19.7 Å². The van der Waals surface area contributed by atoms with E-state index in [2.05, 4.69) is 10.8 Å². The molecule has 0 atom stereocenters. The van der Waals surface area contributed by atoms with Gasteiger partial charge in [0.25, 0.3) is 0 Å². The van der Waals surface area contributed by atoms with Crippen LogP contribution in [0, 0.1) is 0 Å². The topological polar surface area (TPSA) is 35.5 Å². The van der Waals surface area contributed by atoms with E-state index in [-0.39, 0.29) is 5.97 Å². The van der Waals surface area contributed by atoms with Crippen LogP contribution in [0.4, 0.5) is 0 Å². The molecule has 3 heteroatoms. The monoisotopic (exact) mass is 232 g/mol. The van der Waals surface area contributed by atoms with Crippen molar-refractivity contribution in [3.63, 3.8) is 0 Å². The predicted molar refractivity (Wildman–Crippen MR) is 65.9 cm³/mol. The molecule has 0 saturated heterocycles. The van der Waals surface area contributed by atoms with Gasteiger partial charge in [0.15, 0.2) is 0 Å². The number of allylic oxidation sites excluding steroid dienone is 1. The van der Waals surface area contributed by atoms with Gasteiger partial charge in [0.05, 0.1) is 13.7 Å². The van der Waals surface area contributed by atoms with Crippen LogP contribution in [0.1, 0.15) is 24.5 Å². The van der Waals surface area contributed by atoms with Gasteiger partial charge in [0.1, 0.15) is 5.75 Å². The van der Waals surface area contributed by atoms with Crippen molar-refractivity contribution in [1.29, 1.82) is 0 Å². The van der Waals surface area contributed by atoms with Crippen LogP contribution in [0.3, 0.4) is 0 Å². The average molecular weight is 232 g/mol. The lowest BCUT2D eigenvalue weighted by molar-refractivity contribution is -0.134. The fraction of sp³-hybridized carbons (Fsp3) is 0.357. The molecule has 0 aliphatic carbocycles. The number of ether oxygens (including phenoxy) is 2. The summed E-state index contributed by atoms with van der Waals surface area (Å²) in [5, 5.41) is 0. The summed E-state index contributed by atoms with van der Waals surface area (Å²) in [5.74, 6) is 0.641. The van der Waals surface area contributed by atoms with Gasteiger partial charge in [-0.25, -0.2) is 4.79 Å². The lowest BCUT2D eigenvalue weighted by atomic mass is 9.99. The van der Waals surface area contributed by atoms with Gasteiger partial charge in [-0.05, 0) is 48.6 Å². The lowest BCUT2D eigenvalue weighted by Gasteiger charge is -2.18. The maximum absolute atomic E-state index is 11.2. The van der Waals surface area contributed by atoms with Crippen molar-refractivity contribution in [2.75, 3.05) is 13.7 Å². The lowest BCUT2D eigenvalue weighted by Crippen LogP contribution is -2.08. The second kappa shape index (κ2) is 5.04. The van der Waals surface area contributed by atoms with Crippen LogP contribution >= 0.6 is 0 Å². The maximum Gasteiger partial charge on any atom is 0.330 e. The highest BCUT2D eigenvalue weighted by Gasteiger charge is 2.11. The maximum atomic E-state index is 11.2. The van der Waals surface area contributed by atoms with E-state index in [1.54, 1.807) is 0 Å². The number of carbonyl (C=O) groups is 1. The minimum Gasteiger partial charge on any atom is -0.493 e. The zero-order valence-corrected chi connectivity index (χ0v) is 10.2. The summed E-state index contributed by atoms with van der Waals surface area (Å²) in [7, 11) is 1.38. The second-order valence-electron chi connectivity index (χ2n) is 4.13. The molecule has 1 aromatic carbocycles. The molecule has 0 unspecified atom stereocenters. The quantitative estimate of drug-likeness (QED) is 0.580. The highest BCUT2D eigenvalue weighted by Crippen LogP contribution is 2.28. The van der Waals surface area contributed by atoms with Crippen LogP contribution in [-0.2, 0) is 16.0 Å². The number of hydrogen-bond donors (Lipinski definition) is 0. The molecule has 1 aromatic rings. The third kappa shape index (κ3) is 2.67. The van der Waals surface area contributed by atoms with E-state index in [0.29, 0.717) is 0 Å². The van der Waals surface area contributed by atoms with Crippen LogP contribution in [0.15, 0.2) is 24.3 Å². The molecule has 17 heavy (non-hydrogen) atoms. The Balaban J connectivity index is 2.27. The SMILES string of the molecule is COC(=O)/C=C(/C)c1ccc2c(c1)CCCO2. The standard InChI is InChI=1S/C14H16O3/c1-10(8-14(15)16-2)11-5-6-13-12(9-11)4-3-7-17-13/h5-6,8-9H,3-4,7H2,1-2H3/b10-8-. The Morgan fingerprint density at radius 3 is 3.06 bits per heavy atom. The number of fused-ring (bicyclic) bond motifs is 1. The third-order valence-electron chi connectivity index (χ3n) is 2.90. The highest BCUT2D eigenvalue weighted by atomic mass is 16.5. The zero-order valence-electron chi connectivity index (χ0n) is 10.2. The Labute approximate surface area is 101 Å². The molecule has 0 saturated carbocycles. The van der Waals surface area contributed by atoms with Crippen LogP contribution in [0.5, 0.6) is 5.75 Å². The Morgan fingerprint density at radius 2 is 2.29 bits per heavy atom. The van der Waals surface area contributed by atoms with Gasteiger partial charge in [-0.2, -0.15) is 0 Å². The normalized spacial score (nSPS) is 14.8. The van der Waals surface area contributed by atoms with Crippen LogP contribution in [0.2, 0.25) is 0 Å². The number of carbonyl (C=O) groups excluding carboxylic acids is 1. The molecule has 0 spiro atoms. The average Bonchev–Trinajstić information content (AvgIpc) is 2.38. The van der Waals surface area contributed by atoms with Gasteiger partial charge < -0.3 is 9.47 Å². The first-order valence-corrected chi connectivity index (χ1v) is 5.73. The van der Waals surface area contributed by atoms with Crippen molar-refractivity contribution >= 4 is 11.5 Å². The van der Waals surface area contributed by atoms with Gasteiger partial charge in [-0.15, -0.1) is 0 Å². The summed E-state index contributed by atoms with van der Waals surface area (Å²) >= 11 is 0. The van der Waals surface area contributed by atoms with Gasteiger partial charge in [-0.1, -0.05) is 6.07 Å². The molecule has 2 rings (SSSR count). The number of rotatable bonds is 2. The van der Waals surface area contributed by atoms with Gasteiger partial charge in [0.2, 0.25) is 0 Å². The molecule has 0 amide bonds. The summed E-state index contributed by atoms with van der Waals surface area (Å²) in [5.41, 5.74) is 3.16. The van der Waals surface area contributed by atoms with E-state index in [0.717, 1.165) is 36.3 Å². The summed E-state index contributed by atoms with van der Waals surface area (Å²) in [6, 6.07) is 6.03. The second-order valence-corrected chi connectivity index (χ2v) is 4.13. The molecule has 1 heterocycles. The molecule has 1 aliphatic heterocycles. The molecule has 3 nitrogen and oxygen atoms in total. The molecule has 0 aromatic heterocycles. The molecular weight excluding hydrogens is 216 g/mol. The molecule has 0 fully saturated rings. The Morgan fingerprint density at radius 1 is 1.47 bits per heavy atom. The molecule has 0 radical (unpaired) electrons. The third-order valence-corrected chi connectivity index (χ3v) is 2.90. The Kier molecular flexibility index (Phi) is 3.47. The molecular formula is C14H16O3.